The number of aromatic amines is 1. The van der Waals surface area contributed by atoms with E-state index in [1.807, 2.05) is 0 Å². The van der Waals surface area contributed by atoms with Crippen LogP contribution in [0.25, 0.3) is 22.6 Å². The second-order valence-electron chi connectivity index (χ2n) is 11.0. The number of halogens is 4. The minimum absolute atomic E-state index is 0.00990. The quantitative estimate of drug-likeness (QED) is 0.256. The van der Waals surface area contributed by atoms with Crippen LogP contribution in [-0.2, 0) is 17.5 Å². The zero-order valence-corrected chi connectivity index (χ0v) is 21.8. The number of nitrogens with one attached hydrogen (secondary N) is 1. The maximum atomic E-state index is 15.0. The Bertz CT molecular complexity index is 1630. The summed E-state index contributed by atoms with van der Waals surface area (Å²) in [7, 11) is 0. The van der Waals surface area contributed by atoms with Crippen molar-refractivity contribution in [3.63, 3.8) is 0 Å². The Morgan fingerprint density at radius 3 is 2.39 bits per heavy atom. The summed E-state index contributed by atoms with van der Waals surface area (Å²) in [5.41, 5.74) is 0.893. The fraction of sp³-hybridized carbons (Fsp3) is 0.414. The first-order valence-electron chi connectivity index (χ1n) is 13.7. The number of ether oxygens (including phenoxy) is 1. The third-order valence-corrected chi connectivity index (χ3v) is 8.35. The topological polar surface area (TPSA) is 97.4 Å². The van der Waals surface area contributed by atoms with E-state index in [9.17, 15) is 22.4 Å². The lowest BCUT2D eigenvalue weighted by molar-refractivity contribution is -0.137. The minimum Gasteiger partial charge on any atom is -0.373 e. The van der Waals surface area contributed by atoms with Gasteiger partial charge < -0.3 is 14.2 Å². The molecule has 2 saturated heterocycles. The molecule has 1 saturated carbocycles. The van der Waals surface area contributed by atoms with E-state index in [0.29, 0.717) is 24.2 Å². The van der Waals surface area contributed by atoms with Crippen molar-refractivity contribution in [2.75, 3.05) is 4.90 Å². The standard InChI is InChI=1S/C29H26F4N4O4/c30-24-13-18(9-10-21(24)27-34-28(38)41-36-27)37-16-7-8-17(37)12-19(11-16)39-14-22-25(35-40-26(22)15-5-6-15)20-3-1-2-4-23(20)29(31,32)33/h1-4,9-10,13,15-17,19H,5-8,11-12,14H2,(H,34,36,38)/t16-,17+,19?. The van der Waals surface area contributed by atoms with Crippen LogP contribution < -0.4 is 10.7 Å². The summed E-state index contributed by atoms with van der Waals surface area (Å²) >= 11 is 0. The fourth-order valence-electron chi connectivity index (χ4n) is 6.36. The molecule has 2 aromatic heterocycles. The van der Waals surface area contributed by atoms with Crippen LogP contribution in [0, 0.1) is 5.82 Å². The van der Waals surface area contributed by atoms with Crippen LogP contribution in [0.2, 0.25) is 0 Å². The summed E-state index contributed by atoms with van der Waals surface area (Å²) in [6, 6.07) is 10.5. The van der Waals surface area contributed by atoms with Gasteiger partial charge in [0.05, 0.1) is 23.8 Å². The highest BCUT2D eigenvalue weighted by Crippen LogP contribution is 2.47. The van der Waals surface area contributed by atoms with Crippen molar-refractivity contribution in [3.8, 4) is 22.6 Å². The number of rotatable bonds is 7. The Kier molecular flexibility index (Phi) is 6.25. The predicted molar refractivity (Wildman–Crippen MR) is 139 cm³/mol. The van der Waals surface area contributed by atoms with Crippen molar-refractivity contribution in [3.05, 3.63) is 75.7 Å². The Labute approximate surface area is 231 Å². The highest BCUT2D eigenvalue weighted by molar-refractivity contribution is 5.68. The maximum absolute atomic E-state index is 15.0. The summed E-state index contributed by atoms with van der Waals surface area (Å²) in [5.74, 6) is -0.474. The molecule has 4 heterocycles. The van der Waals surface area contributed by atoms with Crippen molar-refractivity contribution >= 4 is 5.69 Å². The minimum atomic E-state index is -4.52. The Morgan fingerprint density at radius 1 is 0.976 bits per heavy atom. The zero-order chi connectivity index (χ0) is 28.3. The van der Waals surface area contributed by atoms with Gasteiger partial charge in [-0.25, -0.2) is 9.18 Å². The average molecular weight is 571 g/mol. The van der Waals surface area contributed by atoms with E-state index in [2.05, 4.69) is 24.7 Å². The van der Waals surface area contributed by atoms with E-state index in [1.54, 1.807) is 18.2 Å². The number of alkyl halides is 3. The van der Waals surface area contributed by atoms with Gasteiger partial charge in [0.25, 0.3) is 0 Å². The zero-order valence-electron chi connectivity index (χ0n) is 21.8. The largest absolute Gasteiger partial charge is 0.439 e. The predicted octanol–water partition coefficient (Wildman–Crippen LogP) is 6.44. The van der Waals surface area contributed by atoms with E-state index in [-0.39, 0.29) is 53.4 Å². The number of nitrogens with zero attached hydrogens (tertiary/aromatic N) is 3. The number of aromatic nitrogens is 3. The molecule has 1 N–H and O–H groups in total. The third kappa shape index (κ3) is 4.83. The molecule has 0 amide bonds. The molecule has 0 radical (unpaired) electrons. The molecule has 0 spiro atoms. The molecule has 2 aliphatic heterocycles. The van der Waals surface area contributed by atoms with Gasteiger partial charge in [-0.05, 0) is 62.8 Å². The second kappa shape index (κ2) is 9.86. The SMILES string of the molecule is O=c1[nH]c(-c2ccc(N3[C@@H]4CC[C@H]3CC(OCc3c(-c5ccccc5C(F)(F)F)noc3C3CC3)C4)cc2F)no1. The molecule has 8 nitrogen and oxygen atoms in total. The normalized spacial score (nSPS) is 22.4. The van der Waals surface area contributed by atoms with Crippen molar-refractivity contribution < 1.29 is 31.3 Å². The molecule has 1 aliphatic carbocycles. The average Bonchev–Trinajstić information content (AvgIpc) is 3.46. The van der Waals surface area contributed by atoms with Crippen LogP contribution in [0.4, 0.5) is 23.2 Å². The van der Waals surface area contributed by atoms with E-state index in [0.717, 1.165) is 37.4 Å². The van der Waals surface area contributed by atoms with E-state index in [4.69, 9.17) is 9.26 Å². The van der Waals surface area contributed by atoms with Gasteiger partial charge in [-0.1, -0.05) is 28.5 Å². The summed E-state index contributed by atoms with van der Waals surface area (Å²) in [6.45, 7) is 0.111. The highest BCUT2D eigenvalue weighted by atomic mass is 19.4. The Morgan fingerprint density at radius 2 is 1.73 bits per heavy atom. The number of hydrogen-bond acceptors (Lipinski definition) is 7. The Hall–Kier alpha value is -3.93. The Balaban J connectivity index is 1.09. The van der Waals surface area contributed by atoms with Gasteiger partial charge in [0.15, 0.2) is 5.82 Å². The molecule has 3 aliphatic rings. The molecule has 7 rings (SSSR count). The number of anilines is 1. The van der Waals surface area contributed by atoms with Gasteiger partial charge in [-0.2, -0.15) is 13.2 Å². The summed E-state index contributed by atoms with van der Waals surface area (Å²) in [6.07, 6.45) is 0.443. The maximum Gasteiger partial charge on any atom is 0.439 e. The molecular weight excluding hydrogens is 544 g/mol. The van der Waals surface area contributed by atoms with Crippen molar-refractivity contribution in [2.24, 2.45) is 0 Å². The number of H-pyrrole nitrogens is 1. The lowest BCUT2D eigenvalue weighted by Gasteiger charge is -2.40. The van der Waals surface area contributed by atoms with Crippen LogP contribution in [0.3, 0.4) is 0 Å². The smallest absolute Gasteiger partial charge is 0.373 e. The summed E-state index contributed by atoms with van der Waals surface area (Å²) in [4.78, 5) is 15.8. The van der Waals surface area contributed by atoms with Gasteiger partial charge in [0.1, 0.15) is 17.3 Å². The summed E-state index contributed by atoms with van der Waals surface area (Å²) < 4.78 is 72.8. The molecule has 41 heavy (non-hydrogen) atoms. The number of piperidine rings is 1. The molecule has 12 heteroatoms. The van der Waals surface area contributed by atoms with Gasteiger partial charge >= 0.3 is 11.9 Å². The number of fused-ring (bicyclic) bond motifs is 2. The second-order valence-corrected chi connectivity index (χ2v) is 11.0. The highest BCUT2D eigenvalue weighted by Gasteiger charge is 2.42. The van der Waals surface area contributed by atoms with Crippen molar-refractivity contribution in [1.29, 1.82) is 0 Å². The molecule has 2 aromatic carbocycles. The van der Waals surface area contributed by atoms with Crippen LogP contribution in [0.1, 0.15) is 61.3 Å². The van der Waals surface area contributed by atoms with Gasteiger partial charge in [-0.3, -0.25) is 9.51 Å². The fourth-order valence-corrected chi connectivity index (χ4v) is 6.36. The van der Waals surface area contributed by atoms with Crippen LogP contribution in [0.5, 0.6) is 0 Å². The lowest BCUT2D eigenvalue weighted by Crippen LogP contribution is -2.45. The number of benzene rings is 2. The van der Waals surface area contributed by atoms with E-state index >= 15 is 0 Å². The summed E-state index contributed by atoms with van der Waals surface area (Å²) in [5, 5.41) is 7.66. The molecule has 2 bridgehead atoms. The molecule has 3 fully saturated rings. The van der Waals surface area contributed by atoms with Gasteiger partial charge in [0, 0.05) is 34.8 Å². The molecule has 214 valence electrons. The van der Waals surface area contributed by atoms with E-state index in [1.165, 1.54) is 18.2 Å². The van der Waals surface area contributed by atoms with Crippen molar-refractivity contribution in [1.82, 2.24) is 15.3 Å². The monoisotopic (exact) mass is 570 g/mol. The van der Waals surface area contributed by atoms with Crippen LogP contribution in [-0.4, -0.2) is 33.5 Å². The molecular formula is C29H26F4N4O4. The molecule has 4 aromatic rings. The van der Waals surface area contributed by atoms with Gasteiger partial charge in [0.2, 0.25) is 0 Å². The lowest BCUT2D eigenvalue weighted by atomic mass is 9.97. The first kappa shape index (κ1) is 26.0. The third-order valence-electron chi connectivity index (χ3n) is 8.35. The number of hydrogen-bond donors (Lipinski definition) is 1. The molecule has 1 unspecified atom stereocenters. The first-order valence-corrected chi connectivity index (χ1v) is 13.7. The van der Waals surface area contributed by atoms with Crippen molar-refractivity contribution in [2.45, 2.75) is 75.4 Å². The van der Waals surface area contributed by atoms with E-state index < -0.39 is 23.3 Å². The first-order chi connectivity index (χ1) is 19.8. The molecule has 3 atom stereocenters. The van der Waals surface area contributed by atoms with Crippen LogP contribution >= 0.6 is 0 Å². The van der Waals surface area contributed by atoms with Gasteiger partial charge in [-0.15, -0.1) is 0 Å². The van der Waals surface area contributed by atoms with Crippen LogP contribution in [0.15, 0.2) is 56.3 Å².